The Bertz CT molecular complexity index is 712. The molecule has 18 heavy (non-hydrogen) atoms. The van der Waals surface area contributed by atoms with Gasteiger partial charge in [-0.2, -0.15) is 0 Å². The number of carbonyl (C=O) groups is 1. The van der Waals surface area contributed by atoms with Gasteiger partial charge in [-0.1, -0.05) is 0 Å². The van der Waals surface area contributed by atoms with Gasteiger partial charge in [0.05, 0.1) is 28.3 Å². The lowest BCUT2D eigenvalue weighted by molar-refractivity contribution is -0.121. The molecule has 6 heteroatoms. The molecule has 0 bridgehead atoms. The van der Waals surface area contributed by atoms with Gasteiger partial charge in [-0.05, 0) is 13.0 Å². The predicted octanol–water partition coefficient (Wildman–Crippen LogP) is 1.33. The molecule has 0 aromatic carbocycles. The van der Waals surface area contributed by atoms with Crippen LogP contribution in [-0.2, 0) is 9.53 Å². The third-order valence-electron chi connectivity index (χ3n) is 3.10. The van der Waals surface area contributed by atoms with Crippen LogP contribution in [0.3, 0.4) is 0 Å². The molecule has 0 saturated heterocycles. The molecule has 6 nitrogen and oxygen atoms in total. The lowest BCUT2D eigenvalue weighted by atomic mass is 9.98. The van der Waals surface area contributed by atoms with Crippen molar-refractivity contribution in [2.45, 2.75) is 12.5 Å². The first-order valence-electron chi connectivity index (χ1n) is 6.98. The van der Waals surface area contributed by atoms with Crippen molar-refractivity contribution >= 4 is 28.3 Å². The van der Waals surface area contributed by atoms with Gasteiger partial charge in [0.15, 0.2) is 0 Å². The monoisotopic (exact) mass is 249 g/mol. The molecule has 2 aromatic heterocycles. The van der Waals surface area contributed by atoms with E-state index in [0.29, 0.717) is 17.0 Å². The van der Waals surface area contributed by atoms with Crippen molar-refractivity contribution in [1.29, 1.82) is 0 Å². The molecular weight excluding hydrogens is 232 g/mol. The number of H-pyrrole nitrogens is 1. The Hall–Kier alpha value is -2.08. The van der Waals surface area contributed by atoms with Crippen molar-refractivity contribution in [3.8, 4) is 0 Å². The van der Waals surface area contributed by atoms with Crippen LogP contribution < -0.4 is 10.6 Å². The Labute approximate surface area is 108 Å². The molecular formula is C12H14N4O2. The standard InChI is InChI=1S/C12H14N4O2/c1-12(6-18-2)11(17)15-8-5-14-10-7(3-4-13-10)9(8)16-12/h3-5,16H,6H2,1-2H3,(H,13,14)(H,15,17)/t12-/m0/s1/i2D3. The van der Waals surface area contributed by atoms with E-state index in [2.05, 4.69) is 20.6 Å². The fraction of sp³-hybridized carbons (Fsp3) is 0.333. The van der Waals surface area contributed by atoms with Crippen LogP contribution in [0.15, 0.2) is 18.5 Å². The van der Waals surface area contributed by atoms with Crippen LogP contribution in [0.2, 0.25) is 0 Å². The Kier molecular flexibility index (Phi) is 1.67. The van der Waals surface area contributed by atoms with Gasteiger partial charge >= 0.3 is 0 Å². The number of hydrogen-bond donors (Lipinski definition) is 3. The van der Waals surface area contributed by atoms with Crippen molar-refractivity contribution < 1.29 is 13.6 Å². The smallest absolute Gasteiger partial charge is 0.252 e. The molecule has 0 unspecified atom stereocenters. The number of amides is 1. The molecule has 1 aliphatic heterocycles. The molecule has 0 saturated carbocycles. The van der Waals surface area contributed by atoms with Gasteiger partial charge < -0.3 is 20.4 Å². The van der Waals surface area contributed by atoms with E-state index in [4.69, 9.17) is 8.85 Å². The molecule has 2 aromatic rings. The molecule has 0 spiro atoms. The molecule has 1 aliphatic rings. The minimum atomic E-state index is -2.55. The molecule has 94 valence electrons. The van der Waals surface area contributed by atoms with Gasteiger partial charge in [-0.15, -0.1) is 0 Å². The molecule has 0 fully saturated rings. The highest BCUT2D eigenvalue weighted by Gasteiger charge is 2.38. The van der Waals surface area contributed by atoms with Crippen LogP contribution in [0.5, 0.6) is 0 Å². The van der Waals surface area contributed by atoms with Gasteiger partial charge in [0, 0.05) is 18.6 Å². The summed E-state index contributed by atoms with van der Waals surface area (Å²) in [5.41, 5.74) is 0.750. The lowest BCUT2D eigenvalue weighted by Gasteiger charge is -2.35. The first kappa shape index (κ1) is 8.10. The topological polar surface area (TPSA) is 79.0 Å². The summed E-state index contributed by atoms with van der Waals surface area (Å²) in [6.45, 7) is 1.32. The van der Waals surface area contributed by atoms with E-state index >= 15 is 0 Å². The van der Waals surface area contributed by atoms with Crippen LogP contribution in [-0.4, -0.2) is 35.1 Å². The van der Waals surface area contributed by atoms with E-state index in [9.17, 15) is 4.79 Å². The van der Waals surface area contributed by atoms with E-state index in [1.165, 1.54) is 0 Å². The summed E-state index contributed by atoms with van der Waals surface area (Å²) in [5.74, 6) is -0.365. The van der Waals surface area contributed by atoms with Crippen LogP contribution in [0.1, 0.15) is 11.0 Å². The van der Waals surface area contributed by atoms with Crippen molar-refractivity contribution in [2.75, 3.05) is 24.3 Å². The Morgan fingerprint density at radius 3 is 3.33 bits per heavy atom. The summed E-state index contributed by atoms with van der Waals surface area (Å²) < 4.78 is 26.1. The average molecular weight is 249 g/mol. The number of aromatic amines is 1. The number of carbonyl (C=O) groups excluding carboxylic acids is 1. The number of anilines is 2. The molecule has 3 rings (SSSR count). The lowest BCUT2D eigenvalue weighted by Crippen LogP contribution is -2.53. The minimum absolute atomic E-state index is 0.275. The largest absolute Gasteiger partial charge is 0.382 e. The van der Waals surface area contributed by atoms with Crippen LogP contribution in [0.25, 0.3) is 11.0 Å². The maximum Gasteiger partial charge on any atom is 0.252 e. The Morgan fingerprint density at radius 2 is 2.50 bits per heavy atom. The number of pyridine rings is 1. The van der Waals surface area contributed by atoms with Gasteiger partial charge in [-0.25, -0.2) is 4.98 Å². The number of rotatable bonds is 2. The highest BCUT2D eigenvalue weighted by molar-refractivity contribution is 6.11. The highest BCUT2D eigenvalue weighted by atomic mass is 16.5. The van der Waals surface area contributed by atoms with Crippen molar-refractivity contribution in [3.63, 3.8) is 0 Å². The zero-order chi connectivity index (χ0) is 15.3. The van der Waals surface area contributed by atoms with Crippen LogP contribution >= 0.6 is 0 Å². The van der Waals surface area contributed by atoms with Crippen LogP contribution in [0.4, 0.5) is 11.4 Å². The Balaban J connectivity index is 1.96. The van der Waals surface area contributed by atoms with Crippen LogP contribution in [0, 0.1) is 0 Å². The SMILES string of the molecule is [2H]C([2H])([2H])OC[C@]1(C)Nc2c(cnc3[nH]ccc23)NC1=O. The second-order valence-electron chi connectivity index (χ2n) is 4.49. The number of nitrogens with one attached hydrogen (secondary N) is 3. The third-order valence-corrected chi connectivity index (χ3v) is 3.10. The molecule has 1 amide bonds. The third kappa shape index (κ3) is 1.46. The summed E-state index contributed by atoms with van der Waals surface area (Å²) in [7, 11) is -2.55. The van der Waals surface area contributed by atoms with E-state index in [0.717, 1.165) is 5.39 Å². The fourth-order valence-electron chi connectivity index (χ4n) is 2.08. The summed E-state index contributed by atoms with van der Waals surface area (Å²) in [6.07, 6.45) is 3.29. The van der Waals surface area contributed by atoms with Crippen molar-refractivity contribution in [3.05, 3.63) is 18.5 Å². The van der Waals surface area contributed by atoms with Crippen molar-refractivity contribution in [1.82, 2.24) is 9.97 Å². The Morgan fingerprint density at radius 1 is 1.61 bits per heavy atom. The number of hydrogen-bond acceptors (Lipinski definition) is 4. The number of aromatic nitrogens is 2. The second-order valence-corrected chi connectivity index (χ2v) is 4.49. The maximum atomic E-state index is 12.2. The summed E-state index contributed by atoms with van der Waals surface area (Å²) in [5, 5.41) is 6.62. The number of ether oxygens (including phenoxy) is 1. The average Bonchev–Trinajstić information content (AvgIpc) is 2.86. The molecule has 0 aliphatic carbocycles. The van der Waals surface area contributed by atoms with Gasteiger partial charge in [0.25, 0.3) is 5.91 Å². The molecule has 3 N–H and O–H groups in total. The van der Waals surface area contributed by atoms with E-state index < -0.39 is 12.6 Å². The number of fused-ring (bicyclic) bond motifs is 3. The van der Waals surface area contributed by atoms with Gasteiger partial charge in [0.1, 0.15) is 11.2 Å². The normalized spacial score (nSPS) is 25.6. The summed E-state index contributed by atoms with van der Waals surface area (Å²) >= 11 is 0. The zero-order valence-electron chi connectivity index (χ0n) is 12.7. The quantitative estimate of drug-likeness (QED) is 0.750. The maximum absolute atomic E-state index is 12.2. The predicted molar refractivity (Wildman–Crippen MR) is 68.6 cm³/mol. The van der Waals surface area contributed by atoms with E-state index in [1.54, 1.807) is 19.3 Å². The molecule has 3 heterocycles. The zero-order valence-corrected chi connectivity index (χ0v) is 9.70. The summed E-state index contributed by atoms with van der Waals surface area (Å²) in [6, 6.07) is 1.83. The van der Waals surface area contributed by atoms with Crippen molar-refractivity contribution in [2.24, 2.45) is 0 Å². The van der Waals surface area contributed by atoms with E-state index in [1.807, 2.05) is 6.07 Å². The summed E-state index contributed by atoms with van der Waals surface area (Å²) in [4.78, 5) is 19.4. The second kappa shape index (κ2) is 3.71. The highest BCUT2D eigenvalue weighted by Crippen LogP contribution is 2.35. The number of nitrogens with zero attached hydrogens (tertiary/aromatic N) is 1. The van der Waals surface area contributed by atoms with Gasteiger partial charge in [0.2, 0.25) is 0 Å². The fourth-order valence-corrected chi connectivity index (χ4v) is 2.08. The van der Waals surface area contributed by atoms with E-state index in [-0.39, 0.29) is 12.5 Å². The first-order chi connectivity index (χ1) is 9.78. The van der Waals surface area contributed by atoms with Gasteiger partial charge in [-0.3, -0.25) is 4.79 Å². The number of methoxy groups -OCH3 is 1. The minimum Gasteiger partial charge on any atom is -0.382 e. The molecule has 0 radical (unpaired) electrons. The first-order valence-corrected chi connectivity index (χ1v) is 5.48. The molecule has 1 atom stereocenters.